The summed E-state index contributed by atoms with van der Waals surface area (Å²) in [5, 5.41) is 0. The molecule has 3 rings (SSSR count). The molecule has 1 aromatic carbocycles. The van der Waals surface area contributed by atoms with Crippen LogP contribution in [-0.2, 0) is 21.2 Å². The van der Waals surface area contributed by atoms with Gasteiger partial charge in [-0.15, -0.1) is 0 Å². The molecule has 1 amide bonds. The Morgan fingerprint density at radius 3 is 2.62 bits per heavy atom. The predicted molar refractivity (Wildman–Crippen MR) is 103 cm³/mol. The lowest BCUT2D eigenvalue weighted by atomic mass is 9.98. The molecule has 1 saturated heterocycles. The highest BCUT2D eigenvalue weighted by Crippen LogP contribution is 2.30. The van der Waals surface area contributed by atoms with E-state index in [0.29, 0.717) is 13.1 Å². The lowest BCUT2D eigenvalue weighted by Crippen LogP contribution is -2.45. The smallest absolute Gasteiger partial charge is 0.240 e. The predicted octanol–water partition coefficient (Wildman–Crippen LogP) is 1.99. The van der Waals surface area contributed by atoms with Crippen LogP contribution in [0.4, 0.5) is 5.69 Å². The van der Waals surface area contributed by atoms with Crippen LogP contribution in [0.1, 0.15) is 39.2 Å². The zero-order valence-electron chi connectivity index (χ0n) is 15.9. The number of carbonyl (C=O) groups is 1. The minimum absolute atomic E-state index is 0.0563. The quantitative estimate of drug-likeness (QED) is 0.849. The molecule has 6 nitrogen and oxygen atoms in total. The van der Waals surface area contributed by atoms with Crippen LogP contribution in [-0.4, -0.2) is 51.4 Å². The van der Waals surface area contributed by atoms with Gasteiger partial charge in [0.1, 0.15) is 0 Å². The minimum atomic E-state index is -3.59. The molecule has 1 N–H and O–H groups in total. The maximum atomic E-state index is 12.7. The number of fused-ring (bicyclic) bond motifs is 1. The van der Waals surface area contributed by atoms with Crippen molar-refractivity contribution in [3.05, 3.63) is 23.8 Å². The van der Waals surface area contributed by atoms with Gasteiger partial charge in [-0.25, -0.2) is 13.1 Å². The first kappa shape index (κ1) is 19.3. The van der Waals surface area contributed by atoms with Crippen LogP contribution in [0, 0.1) is 5.92 Å². The summed E-state index contributed by atoms with van der Waals surface area (Å²) in [6.45, 7) is 8.90. The van der Waals surface area contributed by atoms with E-state index in [9.17, 15) is 13.2 Å². The number of hydrogen-bond acceptors (Lipinski definition) is 4. The van der Waals surface area contributed by atoms with Crippen LogP contribution >= 0.6 is 0 Å². The fourth-order valence-electron chi connectivity index (χ4n) is 3.77. The number of piperidine rings is 1. The van der Waals surface area contributed by atoms with Crippen LogP contribution in [0.15, 0.2) is 23.1 Å². The molecular formula is C19H29N3O3S. The number of anilines is 1. The van der Waals surface area contributed by atoms with Crippen molar-refractivity contribution in [3.63, 3.8) is 0 Å². The lowest BCUT2D eigenvalue weighted by molar-refractivity contribution is -0.116. The normalized spacial score (nSPS) is 20.2. The van der Waals surface area contributed by atoms with Crippen molar-refractivity contribution in [2.24, 2.45) is 5.92 Å². The zero-order valence-corrected chi connectivity index (χ0v) is 16.7. The molecule has 144 valence electrons. The van der Waals surface area contributed by atoms with E-state index < -0.39 is 10.0 Å². The van der Waals surface area contributed by atoms with Crippen molar-refractivity contribution in [2.75, 3.05) is 31.1 Å². The molecule has 0 aromatic heterocycles. The number of likely N-dealkylation sites (tertiary alicyclic amines) is 1. The molecule has 7 heteroatoms. The Morgan fingerprint density at radius 1 is 1.27 bits per heavy atom. The Hall–Kier alpha value is -1.44. The molecule has 2 heterocycles. The first-order valence-corrected chi connectivity index (χ1v) is 10.9. The van der Waals surface area contributed by atoms with Crippen LogP contribution in [0.3, 0.4) is 0 Å². The topological polar surface area (TPSA) is 69.7 Å². The molecule has 1 aromatic rings. The second-order valence-electron chi connectivity index (χ2n) is 7.63. The molecule has 0 radical (unpaired) electrons. The minimum Gasteiger partial charge on any atom is -0.312 e. The largest absolute Gasteiger partial charge is 0.312 e. The van der Waals surface area contributed by atoms with Gasteiger partial charge in [-0.1, -0.05) is 13.0 Å². The van der Waals surface area contributed by atoms with Gasteiger partial charge >= 0.3 is 0 Å². The maximum Gasteiger partial charge on any atom is 0.240 e. The van der Waals surface area contributed by atoms with Crippen molar-refractivity contribution in [2.45, 2.75) is 51.0 Å². The number of amides is 1. The van der Waals surface area contributed by atoms with E-state index in [1.165, 1.54) is 19.8 Å². The van der Waals surface area contributed by atoms with Gasteiger partial charge < -0.3 is 4.90 Å². The highest BCUT2D eigenvalue weighted by Gasteiger charge is 2.26. The number of sulfonamides is 1. The third-order valence-electron chi connectivity index (χ3n) is 5.65. The zero-order chi connectivity index (χ0) is 18.9. The molecule has 2 aliphatic rings. The van der Waals surface area contributed by atoms with Crippen LogP contribution in [0.25, 0.3) is 0 Å². The van der Waals surface area contributed by atoms with Gasteiger partial charge in [-0.05, 0) is 62.9 Å². The molecular weight excluding hydrogens is 350 g/mol. The van der Waals surface area contributed by atoms with Gasteiger partial charge in [-0.3, -0.25) is 9.69 Å². The number of rotatable bonds is 5. The van der Waals surface area contributed by atoms with E-state index in [1.54, 1.807) is 17.0 Å². The Bertz CT molecular complexity index is 770. The van der Waals surface area contributed by atoms with Gasteiger partial charge in [0, 0.05) is 31.7 Å². The highest BCUT2D eigenvalue weighted by molar-refractivity contribution is 7.89. The lowest BCUT2D eigenvalue weighted by Gasteiger charge is -2.34. The first-order valence-electron chi connectivity index (χ1n) is 9.42. The van der Waals surface area contributed by atoms with E-state index >= 15 is 0 Å². The van der Waals surface area contributed by atoms with Gasteiger partial charge in [0.25, 0.3) is 0 Å². The Morgan fingerprint density at radius 2 is 1.96 bits per heavy atom. The average molecular weight is 380 g/mol. The van der Waals surface area contributed by atoms with Crippen molar-refractivity contribution >= 4 is 21.6 Å². The Labute approximate surface area is 156 Å². The van der Waals surface area contributed by atoms with Crippen LogP contribution in [0.2, 0.25) is 0 Å². The molecule has 1 atom stereocenters. The van der Waals surface area contributed by atoms with Gasteiger partial charge in [0.2, 0.25) is 15.9 Å². The number of hydrogen-bond donors (Lipinski definition) is 1. The SMILES string of the molecule is CC(=O)N1CCc2ccc(S(=O)(=O)NCC(C)N3CCC(C)CC3)cc21. The van der Waals surface area contributed by atoms with E-state index in [4.69, 9.17) is 0 Å². The standard InChI is InChI=1S/C19H29N3O3S/c1-14-6-9-21(10-7-14)15(2)13-20-26(24,25)18-5-4-17-8-11-22(16(3)23)19(17)12-18/h4-5,12,14-15,20H,6-11,13H2,1-3H3. The molecule has 0 saturated carbocycles. The summed E-state index contributed by atoms with van der Waals surface area (Å²) in [5.41, 5.74) is 1.74. The molecule has 1 unspecified atom stereocenters. The van der Waals surface area contributed by atoms with Crippen LogP contribution in [0.5, 0.6) is 0 Å². The Balaban J connectivity index is 1.67. The summed E-state index contributed by atoms with van der Waals surface area (Å²) in [6, 6.07) is 5.25. The van der Waals surface area contributed by atoms with Crippen molar-refractivity contribution < 1.29 is 13.2 Å². The molecule has 0 spiro atoms. The summed E-state index contributed by atoms with van der Waals surface area (Å²) in [7, 11) is -3.59. The average Bonchev–Trinajstić information content (AvgIpc) is 3.04. The Kier molecular flexibility index (Phi) is 5.69. The summed E-state index contributed by atoms with van der Waals surface area (Å²) in [5.74, 6) is 0.699. The van der Waals surface area contributed by atoms with E-state index in [0.717, 1.165) is 36.7 Å². The van der Waals surface area contributed by atoms with E-state index in [1.807, 2.05) is 6.07 Å². The number of carbonyl (C=O) groups excluding carboxylic acids is 1. The molecule has 2 aliphatic heterocycles. The second kappa shape index (κ2) is 7.66. The third-order valence-corrected chi connectivity index (χ3v) is 7.07. The monoisotopic (exact) mass is 379 g/mol. The van der Waals surface area contributed by atoms with E-state index in [-0.39, 0.29) is 16.8 Å². The van der Waals surface area contributed by atoms with Crippen molar-refractivity contribution in [1.29, 1.82) is 0 Å². The van der Waals surface area contributed by atoms with Crippen molar-refractivity contribution in [3.8, 4) is 0 Å². The summed E-state index contributed by atoms with van der Waals surface area (Å²) < 4.78 is 28.2. The maximum absolute atomic E-state index is 12.7. The number of benzene rings is 1. The molecule has 0 aliphatic carbocycles. The summed E-state index contributed by atoms with van der Waals surface area (Å²) >= 11 is 0. The van der Waals surface area contributed by atoms with Gasteiger partial charge in [0.15, 0.2) is 0 Å². The molecule has 26 heavy (non-hydrogen) atoms. The highest BCUT2D eigenvalue weighted by atomic mass is 32.2. The molecule has 1 fully saturated rings. The van der Waals surface area contributed by atoms with Gasteiger partial charge in [-0.2, -0.15) is 0 Å². The van der Waals surface area contributed by atoms with Crippen LogP contribution < -0.4 is 9.62 Å². The fourth-order valence-corrected chi connectivity index (χ4v) is 4.91. The summed E-state index contributed by atoms with van der Waals surface area (Å²) in [4.78, 5) is 16.0. The number of nitrogens with zero attached hydrogens (tertiary/aromatic N) is 2. The first-order chi connectivity index (χ1) is 12.3. The second-order valence-corrected chi connectivity index (χ2v) is 9.40. The third kappa shape index (κ3) is 4.10. The fraction of sp³-hybridized carbons (Fsp3) is 0.632. The van der Waals surface area contributed by atoms with Crippen molar-refractivity contribution in [1.82, 2.24) is 9.62 Å². The number of nitrogens with one attached hydrogen (secondary N) is 1. The summed E-state index contributed by atoms with van der Waals surface area (Å²) in [6.07, 6.45) is 3.11. The van der Waals surface area contributed by atoms with E-state index in [2.05, 4.69) is 23.5 Å². The van der Waals surface area contributed by atoms with Gasteiger partial charge in [0.05, 0.1) is 4.90 Å². The molecule has 0 bridgehead atoms.